The Labute approximate surface area is 123 Å². The van der Waals surface area contributed by atoms with Gasteiger partial charge in [-0.05, 0) is 26.7 Å². The lowest BCUT2D eigenvalue weighted by molar-refractivity contribution is 0.706. The van der Waals surface area contributed by atoms with Gasteiger partial charge in [0.05, 0.1) is 6.54 Å². The van der Waals surface area contributed by atoms with Crippen LogP contribution in [0.3, 0.4) is 0 Å². The average molecular weight is 288 g/mol. The summed E-state index contributed by atoms with van der Waals surface area (Å²) in [5.41, 5.74) is 3.56. The maximum atomic E-state index is 5.55. The maximum absolute atomic E-state index is 5.55. The van der Waals surface area contributed by atoms with Gasteiger partial charge in [-0.15, -0.1) is 10.2 Å². The van der Waals surface area contributed by atoms with Crippen LogP contribution >= 0.6 is 0 Å². The van der Waals surface area contributed by atoms with Crippen molar-refractivity contribution in [3.63, 3.8) is 0 Å². The molecule has 1 saturated carbocycles. The van der Waals surface area contributed by atoms with Crippen molar-refractivity contribution in [1.29, 1.82) is 0 Å². The molecule has 0 atom stereocenters. The van der Waals surface area contributed by atoms with Crippen molar-refractivity contribution in [2.24, 2.45) is 5.84 Å². The van der Waals surface area contributed by atoms with Gasteiger partial charge in [0.2, 0.25) is 0 Å². The second-order valence-electron chi connectivity index (χ2n) is 5.21. The van der Waals surface area contributed by atoms with E-state index < -0.39 is 0 Å². The topological polar surface area (TPSA) is 107 Å². The van der Waals surface area contributed by atoms with Gasteiger partial charge in [0.15, 0.2) is 5.82 Å². The van der Waals surface area contributed by atoms with Crippen LogP contribution in [0.15, 0.2) is 6.33 Å². The summed E-state index contributed by atoms with van der Waals surface area (Å²) in [5.74, 6) is 9.23. The maximum Gasteiger partial charge on any atom is 0.152 e. The second kappa shape index (κ2) is 5.65. The largest absolute Gasteiger partial charge is 0.362 e. The summed E-state index contributed by atoms with van der Waals surface area (Å²) in [6.07, 6.45) is 4.03. The fourth-order valence-corrected chi connectivity index (χ4v) is 2.21. The van der Waals surface area contributed by atoms with Crippen LogP contribution in [0.25, 0.3) is 0 Å². The Bertz CT molecular complexity index is 631. The third-order valence-corrected chi connectivity index (χ3v) is 3.69. The Morgan fingerprint density at radius 3 is 2.76 bits per heavy atom. The van der Waals surface area contributed by atoms with E-state index in [4.69, 9.17) is 5.84 Å². The van der Waals surface area contributed by atoms with Gasteiger partial charge < -0.3 is 15.3 Å². The monoisotopic (exact) mass is 288 g/mol. The zero-order valence-corrected chi connectivity index (χ0v) is 12.3. The second-order valence-corrected chi connectivity index (χ2v) is 5.21. The van der Waals surface area contributed by atoms with Crippen molar-refractivity contribution in [1.82, 2.24) is 24.7 Å². The van der Waals surface area contributed by atoms with E-state index in [1.807, 2.05) is 11.5 Å². The van der Waals surface area contributed by atoms with Crippen molar-refractivity contribution < 1.29 is 0 Å². The molecule has 1 aliphatic rings. The summed E-state index contributed by atoms with van der Waals surface area (Å²) in [6, 6.07) is 0. The molecule has 0 radical (unpaired) electrons. The molecule has 112 valence electrons. The average Bonchev–Trinajstić information content (AvgIpc) is 3.25. The Hall–Kier alpha value is -2.22. The third-order valence-electron chi connectivity index (χ3n) is 3.69. The first-order chi connectivity index (χ1) is 10.2. The smallest absolute Gasteiger partial charge is 0.152 e. The van der Waals surface area contributed by atoms with Gasteiger partial charge in [0.1, 0.15) is 23.8 Å². The zero-order valence-electron chi connectivity index (χ0n) is 12.3. The highest BCUT2D eigenvalue weighted by Crippen LogP contribution is 2.39. The number of aromatic nitrogens is 5. The van der Waals surface area contributed by atoms with Gasteiger partial charge in [0.25, 0.3) is 0 Å². The first kappa shape index (κ1) is 13.7. The van der Waals surface area contributed by atoms with E-state index in [2.05, 4.69) is 37.8 Å². The highest BCUT2D eigenvalue weighted by atomic mass is 15.3. The molecule has 0 aliphatic heterocycles. The highest BCUT2D eigenvalue weighted by Gasteiger charge is 2.28. The number of hydrazine groups is 1. The summed E-state index contributed by atoms with van der Waals surface area (Å²) in [6.45, 7) is 5.42. The molecule has 0 unspecified atom stereocenters. The number of nitrogen functional groups attached to an aromatic ring is 1. The number of nitrogens with zero attached hydrogens (tertiary/aromatic N) is 5. The molecule has 2 aromatic heterocycles. The molecule has 8 heteroatoms. The third kappa shape index (κ3) is 2.80. The number of hydrogen-bond acceptors (Lipinski definition) is 7. The van der Waals surface area contributed by atoms with E-state index in [1.165, 1.54) is 0 Å². The first-order valence-corrected chi connectivity index (χ1v) is 7.18. The van der Waals surface area contributed by atoms with Crippen LogP contribution in [0.1, 0.15) is 42.9 Å². The summed E-state index contributed by atoms with van der Waals surface area (Å²) >= 11 is 0. The van der Waals surface area contributed by atoms with Gasteiger partial charge in [-0.2, -0.15) is 0 Å². The van der Waals surface area contributed by atoms with Crippen LogP contribution in [0.2, 0.25) is 0 Å². The fraction of sp³-hybridized carbons (Fsp3) is 0.538. The molecule has 4 N–H and O–H groups in total. The van der Waals surface area contributed by atoms with E-state index in [-0.39, 0.29) is 0 Å². The van der Waals surface area contributed by atoms with E-state index in [0.29, 0.717) is 18.3 Å². The summed E-state index contributed by atoms with van der Waals surface area (Å²) in [7, 11) is 0. The van der Waals surface area contributed by atoms with Crippen molar-refractivity contribution in [3.8, 4) is 0 Å². The van der Waals surface area contributed by atoms with E-state index in [9.17, 15) is 0 Å². The Kier molecular flexibility index (Phi) is 3.70. The molecule has 8 nitrogen and oxygen atoms in total. The Morgan fingerprint density at radius 1 is 1.33 bits per heavy atom. The minimum Gasteiger partial charge on any atom is -0.362 e. The lowest BCUT2D eigenvalue weighted by Crippen LogP contribution is -2.15. The van der Waals surface area contributed by atoms with Gasteiger partial charge in [-0.3, -0.25) is 0 Å². The fourth-order valence-electron chi connectivity index (χ4n) is 2.21. The van der Waals surface area contributed by atoms with Gasteiger partial charge in [0, 0.05) is 18.0 Å². The molecule has 0 saturated heterocycles. The Morgan fingerprint density at radius 2 is 2.10 bits per heavy atom. The van der Waals surface area contributed by atoms with Crippen LogP contribution < -0.4 is 16.6 Å². The molecular formula is C13H20N8. The molecule has 3 rings (SSSR count). The number of anilines is 2. The molecule has 2 aromatic rings. The van der Waals surface area contributed by atoms with Gasteiger partial charge >= 0.3 is 0 Å². The molecular weight excluding hydrogens is 268 g/mol. The Balaban J connectivity index is 1.82. The minimum atomic E-state index is 0.470. The normalized spacial score (nSPS) is 14.2. The van der Waals surface area contributed by atoms with E-state index in [0.717, 1.165) is 42.4 Å². The molecule has 1 aliphatic carbocycles. The summed E-state index contributed by atoms with van der Waals surface area (Å²) in [5, 5.41) is 11.4. The van der Waals surface area contributed by atoms with Crippen LogP contribution in [-0.2, 0) is 13.1 Å². The van der Waals surface area contributed by atoms with E-state index >= 15 is 0 Å². The van der Waals surface area contributed by atoms with Crippen LogP contribution in [0.4, 0.5) is 11.6 Å². The predicted molar refractivity (Wildman–Crippen MR) is 79.6 cm³/mol. The van der Waals surface area contributed by atoms with Crippen LogP contribution in [0, 0.1) is 6.92 Å². The van der Waals surface area contributed by atoms with Gasteiger partial charge in [-0.25, -0.2) is 15.8 Å². The zero-order chi connectivity index (χ0) is 14.8. The molecule has 0 aromatic carbocycles. The SMILES string of the molecule is CCn1cnnc1CNc1nc(C2CC2)nc(NN)c1C. The summed E-state index contributed by atoms with van der Waals surface area (Å²) in [4.78, 5) is 9.09. The number of hydrogen-bond donors (Lipinski definition) is 3. The van der Waals surface area contributed by atoms with Crippen molar-refractivity contribution in [2.45, 2.75) is 45.7 Å². The lowest BCUT2D eigenvalue weighted by atomic mass is 10.3. The van der Waals surface area contributed by atoms with Crippen molar-refractivity contribution >= 4 is 11.6 Å². The molecule has 0 bridgehead atoms. The number of rotatable bonds is 6. The standard InChI is InChI=1S/C13H20N8/c1-3-21-7-16-20-10(21)6-15-11-8(2)12(19-14)18-13(17-11)9-4-5-9/h7,9H,3-6,14H2,1-2H3,(H2,15,17,18,19). The first-order valence-electron chi connectivity index (χ1n) is 7.18. The quantitative estimate of drug-likeness (QED) is 0.541. The van der Waals surface area contributed by atoms with Crippen molar-refractivity contribution in [3.05, 3.63) is 23.5 Å². The number of aryl methyl sites for hydroxylation is 1. The number of nitrogens with two attached hydrogens (primary N) is 1. The van der Waals surface area contributed by atoms with Crippen LogP contribution in [0.5, 0.6) is 0 Å². The van der Waals surface area contributed by atoms with Crippen molar-refractivity contribution in [2.75, 3.05) is 10.7 Å². The van der Waals surface area contributed by atoms with E-state index in [1.54, 1.807) is 6.33 Å². The number of nitrogens with one attached hydrogen (secondary N) is 2. The highest BCUT2D eigenvalue weighted by molar-refractivity contribution is 5.57. The lowest BCUT2D eigenvalue weighted by Gasteiger charge is -2.13. The molecule has 1 fully saturated rings. The predicted octanol–water partition coefficient (Wildman–Crippen LogP) is 1.17. The van der Waals surface area contributed by atoms with Crippen LogP contribution in [-0.4, -0.2) is 24.7 Å². The molecule has 21 heavy (non-hydrogen) atoms. The molecule has 2 heterocycles. The minimum absolute atomic E-state index is 0.470. The molecule has 0 amide bonds. The molecule has 0 spiro atoms. The summed E-state index contributed by atoms with van der Waals surface area (Å²) < 4.78 is 1.99. The van der Waals surface area contributed by atoms with Gasteiger partial charge in [-0.1, -0.05) is 0 Å².